The first-order chi connectivity index (χ1) is 8.20. The number of carbonyl (C=O) groups excluding carboxylic acids is 1. The summed E-state index contributed by atoms with van der Waals surface area (Å²) in [5.74, 6) is 0.606. The van der Waals surface area contributed by atoms with E-state index in [9.17, 15) is 4.79 Å². The Kier molecular flexibility index (Phi) is 3.43. The van der Waals surface area contributed by atoms with Crippen LogP contribution in [0.5, 0.6) is 0 Å². The molecule has 1 aromatic carbocycles. The van der Waals surface area contributed by atoms with Crippen molar-refractivity contribution >= 4 is 5.78 Å². The van der Waals surface area contributed by atoms with Crippen LogP contribution >= 0.6 is 0 Å². The Balaban J connectivity index is 2.16. The molecule has 0 spiro atoms. The van der Waals surface area contributed by atoms with Crippen LogP contribution in [0.2, 0.25) is 0 Å². The van der Waals surface area contributed by atoms with E-state index in [0.717, 1.165) is 0 Å². The maximum Gasteiger partial charge on any atom is 0.158 e. The molecule has 90 valence electrons. The Morgan fingerprint density at radius 3 is 2.53 bits per heavy atom. The van der Waals surface area contributed by atoms with Crippen LogP contribution in [-0.2, 0) is 9.53 Å². The number of carbonyl (C=O) groups is 1. The summed E-state index contributed by atoms with van der Waals surface area (Å²) in [4.78, 5) is 11.7. The predicted octanol–water partition coefficient (Wildman–Crippen LogP) is 2.95. The van der Waals surface area contributed by atoms with E-state index >= 15 is 0 Å². The van der Waals surface area contributed by atoms with Gasteiger partial charge in [0.15, 0.2) is 5.78 Å². The van der Waals surface area contributed by atoms with Crippen molar-refractivity contribution in [3.8, 4) is 0 Å². The zero-order valence-electron chi connectivity index (χ0n) is 10.3. The first-order valence-electron chi connectivity index (χ1n) is 6.00. The van der Waals surface area contributed by atoms with E-state index in [-0.39, 0.29) is 17.8 Å². The molecule has 2 nitrogen and oxygen atoms in total. The molecule has 0 heterocycles. The van der Waals surface area contributed by atoms with Crippen LogP contribution in [-0.4, -0.2) is 19.0 Å². The highest BCUT2D eigenvalue weighted by Crippen LogP contribution is 2.53. The van der Waals surface area contributed by atoms with Crippen LogP contribution in [0.3, 0.4) is 0 Å². The second kappa shape index (κ2) is 4.84. The lowest BCUT2D eigenvalue weighted by Crippen LogP contribution is -2.04. The lowest BCUT2D eigenvalue weighted by molar-refractivity contribution is -0.115. The summed E-state index contributed by atoms with van der Waals surface area (Å²) in [6.45, 7) is 5.80. The van der Waals surface area contributed by atoms with Gasteiger partial charge in [0, 0.05) is 25.4 Å². The number of Topliss-reactive ketones (excluding diaryl/α,β-unsaturated/α-hetero) is 1. The summed E-state index contributed by atoms with van der Waals surface area (Å²) >= 11 is 0. The predicted molar refractivity (Wildman–Crippen MR) is 67.9 cm³/mol. The molecule has 1 aliphatic carbocycles. The summed E-state index contributed by atoms with van der Waals surface area (Å²) in [6, 6.07) is 10.2. The highest BCUT2D eigenvalue weighted by molar-refractivity contribution is 5.96. The highest BCUT2D eigenvalue weighted by Gasteiger charge is 2.53. The second-order valence-corrected chi connectivity index (χ2v) is 4.46. The minimum atomic E-state index is 0.111. The first kappa shape index (κ1) is 12.1. The molecule has 1 fully saturated rings. The Labute approximate surface area is 102 Å². The Hall–Kier alpha value is -1.41. The molecular weight excluding hydrogens is 212 g/mol. The zero-order chi connectivity index (χ0) is 12.4. The molecule has 1 aliphatic rings. The third-order valence-electron chi connectivity index (χ3n) is 3.49. The van der Waals surface area contributed by atoms with E-state index in [2.05, 4.69) is 18.7 Å². The summed E-state index contributed by atoms with van der Waals surface area (Å²) in [5.41, 5.74) is 1.95. The van der Waals surface area contributed by atoms with Crippen molar-refractivity contribution in [2.24, 2.45) is 5.92 Å². The Morgan fingerprint density at radius 2 is 2.00 bits per heavy atom. The molecule has 0 aliphatic heterocycles. The van der Waals surface area contributed by atoms with E-state index in [1.54, 1.807) is 7.11 Å². The molecule has 17 heavy (non-hydrogen) atoms. The molecule has 0 saturated heterocycles. The summed E-state index contributed by atoms with van der Waals surface area (Å²) < 4.78 is 5.44. The minimum Gasteiger partial charge on any atom is -0.380 e. The van der Waals surface area contributed by atoms with Gasteiger partial charge in [-0.2, -0.15) is 0 Å². The molecule has 0 aromatic heterocycles. The topological polar surface area (TPSA) is 26.3 Å². The maximum atomic E-state index is 11.7. The van der Waals surface area contributed by atoms with E-state index in [0.29, 0.717) is 17.9 Å². The molecule has 0 N–H and O–H groups in total. The fourth-order valence-corrected chi connectivity index (χ4v) is 2.48. The number of ether oxygens (including phenoxy) is 1. The standard InChI is InChI=1S/C15H18O2/c1-4-12(16)10(2)13-14(15(13)17-3)11-8-6-5-7-9-11/h5-9,13-15H,2,4H2,1,3H3. The lowest BCUT2D eigenvalue weighted by Gasteiger charge is -2.01. The van der Waals surface area contributed by atoms with Crippen molar-refractivity contribution in [2.75, 3.05) is 7.11 Å². The van der Waals surface area contributed by atoms with Crippen molar-refractivity contribution < 1.29 is 9.53 Å². The van der Waals surface area contributed by atoms with Gasteiger partial charge in [-0.3, -0.25) is 4.79 Å². The first-order valence-corrected chi connectivity index (χ1v) is 6.00. The number of ketones is 1. The van der Waals surface area contributed by atoms with Crippen molar-refractivity contribution in [2.45, 2.75) is 25.4 Å². The van der Waals surface area contributed by atoms with Gasteiger partial charge in [0.05, 0.1) is 6.10 Å². The number of hydrogen-bond acceptors (Lipinski definition) is 2. The largest absolute Gasteiger partial charge is 0.380 e. The van der Waals surface area contributed by atoms with Gasteiger partial charge in [-0.05, 0) is 11.1 Å². The summed E-state index contributed by atoms with van der Waals surface area (Å²) in [5, 5.41) is 0. The van der Waals surface area contributed by atoms with Gasteiger partial charge in [-0.25, -0.2) is 0 Å². The van der Waals surface area contributed by atoms with Crippen molar-refractivity contribution in [3.05, 3.63) is 48.0 Å². The van der Waals surface area contributed by atoms with Gasteiger partial charge in [0.2, 0.25) is 0 Å². The molecule has 2 heteroatoms. The zero-order valence-corrected chi connectivity index (χ0v) is 10.3. The van der Waals surface area contributed by atoms with E-state index in [1.807, 2.05) is 25.1 Å². The highest BCUT2D eigenvalue weighted by atomic mass is 16.5. The third kappa shape index (κ3) is 2.18. The van der Waals surface area contributed by atoms with Crippen LogP contribution < -0.4 is 0 Å². The maximum absolute atomic E-state index is 11.7. The van der Waals surface area contributed by atoms with E-state index in [1.165, 1.54) is 5.56 Å². The summed E-state index contributed by atoms with van der Waals surface area (Å²) in [7, 11) is 1.70. The molecule has 2 rings (SSSR count). The molecule has 1 aromatic rings. The molecule has 3 atom stereocenters. The number of hydrogen-bond donors (Lipinski definition) is 0. The van der Waals surface area contributed by atoms with Crippen LogP contribution in [0.1, 0.15) is 24.8 Å². The molecule has 0 radical (unpaired) electrons. The van der Waals surface area contributed by atoms with Crippen LogP contribution in [0.4, 0.5) is 0 Å². The molecular formula is C15H18O2. The van der Waals surface area contributed by atoms with Crippen molar-refractivity contribution in [3.63, 3.8) is 0 Å². The third-order valence-corrected chi connectivity index (χ3v) is 3.49. The molecule has 3 unspecified atom stereocenters. The van der Waals surface area contributed by atoms with Crippen molar-refractivity contribution in [1.82, 2.24) is 0 Å². The van der Waals surface area contributed by atoms with Crippen LogP contribution in [0.25, 0.3) is 0 Å². The SMILES string of the molecule is C=C(C(=O)CC)C1C(OC)C1c1ccccc1. The molecule has 0 amide bonds. The quantitative estimate of drug-likeness (QED) is 0.727. The molecule has 1 saturated carbocycles. The average molecular weight is 230 g/mol. The molecule has 0 bridgehead atoms. The van der Waals surface area contributed by atoms with Crippen LogP contribution in [0.15, 0.2) is 42.5 Å². The average Bonchev–Trinajstić information content (AvgIpc) is 3.12. The normalized spacial score (nSPS) is 26.6. The Bertz CT molecular complexity index is 422. The fourth-order valence-electron chi connectivity index (χ4n) is 2.48. The summed E-state index contributed by atoms with van der Waals surface area (Å²) in [6.07, 6.45) is 0.633. The van der Waals surface area contributed by atoms with E-state index in [4.69, 9.17) is 4.74 Å². The Morgan fingerprint density at radius 1 is 1.35 bits per heavy atom. The van der Waals surface area contributed by atoms with Gasteiger partial charge in [0.1, 0.15) is 0 Å². The van der Waals surface area contributed by atoms with Crippen molar-refractivity contribution in [1.29, 1.82) is 0 Å². The van der Waals surface area contributed by atoms with E-state index < -0.39 is 0 Å². The monoisotopic (exact) mass is 230 g/mol. The van der Waals surface area contributed by atoms with Gasteiger partial charge < -0.3 is 4.74 Å². The van der Waals surface area contributed by atoms with Gasteiger partial charge >= 0.3 is 0 Å². The minimum absolute atomic E-state index is 0.111. The second-order valence-electron chi connectivity index (χ2n) is 4.46. The lowest BCUT2D eigenvalue weighted by atomic mass is 10.0. The fraction of sp³-hybridized carbons (Fsp3) is 0.400. The van der Waals surface area contributed by atoms with Gasteiger partial charge in [0.25, 0.3) is 0 Å². The van der Waals surface area contributed by atoms with Gasteiger partial charge in [-0.1, -0.05) is 43.8 Å². The smallest absolute Gasteiger partial charge is 0.158 e. The number of benzene rings is 1. The van der Waals surface area contributed by atoms with Crippen LogP contribution in [0, 0.1) is 5.92 Å². The number of rotatable bonds is 5. The van der Waals surface area contributed by atoms with Gasteiger partial charge in [-0.15, -0.1) is 0 Å². The number of methoxy groups -OCH3 is 1.